The number of nitrogens with two attached hydrogens (primary N) is 1. The number of aromatic nitrogens is 4. The second-order valence-corrected chi connectivity index (χ2v) is 5.45. The highest BCUT2D eigenvalue weighted by Crippen LogP contribution is 2.29. The third-order valence-corrected chi connectivity index (χ3v) is 3.56. The number of tetrazole rings is 1. The van der Waals surface area contributed by atoms with E-state index in [1.807, 2.05) is 25.1 Å². The Balaban J connectivity index is 2.19. The van der Waals surface area contributed by atoms with E-state index >= 15 is 0 Å². The summed E-state index contributed by atoms with van der Waals surface area (Å²) in [6.07, 6.45) is 0. The third kappa shape index (κ3) is 2.57. The standard InChI is InChI=1S/C14H11Cl2N5/c1-8-3-2-4-12(13(8)17)14-18-19-20-21(14)11-6-9(15)5-10(16)7-11/h2-7H,17H2,1H3. The summed E-state index contributed by atoms with van der Waals surface area (Å²) in [7, 11) is 0. The normalized spacial score (nSPS) is 10.8. The minimum atomic E-state index is 0.510. The molecule has 0 fully saturated rings. The Labute approximate surface area is 131 Å². The van der Waals surface area contributed by atoms with Crippen molar-refractivity contribution in [2.45, 2.75) is 6.92 Å². The molecule has 0 saturated carbocycles. The number of hydrogen-bond acceptors (Lipinski definition) is 4. The molecular weight excluding hydrogens is 309 g/mol. The second kappa shape index (κ2) is 5.35. The smallest absolute Gasteiger partial charge is 0.189 e. The van der Waals surface area contributed by atoms with E-state index in [0.29, 0.717) is 27.2 Å². The molecule has 2 aromatic carbocycles. The summed E-state index contributed by atoms with van der Waals surface area (Å²) in [6, 6.07) is 10.8. The first-order valence-corrected chi connectivity index (χ1v) is 6.92. The molecule has 0 aliphatic carbocycles. The number of benzene rings is 2. The average Bonchev–Trinajstić information content (AvgIpc) is 2.90. The molecule has 3 rings (SSSR count). The maximum absolute atomic E-state index is 6.12. The van der Waals surface area contributed by atoms with E-state index in [1.165, 1.54) is 0 Å². The van der Waals surface area contributed by atoms with Gasteiger partial charge in [-0.15, -0.1) is 5.10 Å². The predicted octanol–water partition coefficient (Wildman–Crippen LogP) is 3.53. The van der Waals surface area contributed by atoms with Crippen molar-refractivity contribution in [3.05, 3.63) is 52.0 Å². The Kier molecular flexibility index (Phi) is 3.53. The molecule has 21 heavy (non-hydrogen) atoms. The largest absolute Gasteiger partial charge is 0.398 e. The maximum atomic E-state index is 6.12. The van der Waals surface area contributed by atoms with Crippen LogP contribution in [0.25, 0.3) is 17.1 Å². The number of rotatable bonds is 2. The van der Waals surface area contributed by atoms with E-state index in [9.17, 15) is 0 Å². The molecule has 0 saturated heterocycles. The molecule has 2 N–H and O–H groups in total. The van der Waals surface area contributed by atoms with Gasteiger partial charge >= 0.3 is 0 Å². The van der Waals surface area contributed by atoms with Crippen LogP contribution < -0.4 is 5.73 Å². The Bertz CT molecular complexity index is 793. The number of nitrogen functional groups attached to an aromatic ring is 1. The minimum absolute atomic E-state index is 0.510. The molecule has 0 unspecified atom stereocenters. The molecule has 1 heterocycles. The Morgan fingerprint density at radius 3 is 2.52 bits per heavy atom. The molecule has 1 aromatic heterocycles. The summed E-state index contributed by atoms with van der Waals surface area (Å²) in [5.74, 6) is 0.537. The van der Waals surface area contributed by atoms with Crippen LogP contribution in [-0.4, -0.2) is 20.2 Å². The van der Waals surface area contributed by atoms with Crippen LogP contribution in [0.4, 0.5) is 5.69 Å². The monoisotopic (exact) mass is 319 g/mol. The average molecular weight is 320 g/mol. The predicted molar refractivity (Wildman–Crippen MR) is 83.8 cm³/mol. The number of anilines is 1. The zero-order valence-corrected chi connectivity index (χ0v) is 12.6. The topological polar surface area (TPSA) is 69.6 Å². The van der Waals surface area contributed by atoms with Gasteiger partial charge in [-0.2, -0.15) is 4.68 Å². The van der Waals surface area contributed by atoms with Gasteiger partial charge in [-0.1, -0.05) is 35.3 Å². The van der Waals surface area contributed by atoms with E-state index in [4.69, 9.17) is 28.9 Å². The summed E-state index contributed by atoms with van der Waals surface area (Å²) in [4.78, 5) is 0. The SMILES string of the molecule is Cc1cccc(-c2nnnn2-c2cc(Cl)cc(Cl)c2)c1N. The van der Waals surface area contributed by atoms with Crippen LogP contribution >= 0.6 is 23.2 Å². The number of para-hydroxylation sites is 1. The van der Waals surface area contributed by atoms with E-state index in [0.717, 1.165) is 11.1 Å². The highest BCUT2D eigenvalue weighted by atomic mass is 35.5. The fraction of sp³-hybridized carbons (Fsp3) is 0.0714. The van der Waals surface area contributed by atoms with Gasteiger partial charge in [0.05, 0.1) is 5.69 Å². The third-order valence-electron chi connectivity index (χ3n) is 3.13. The summed E-state index contributed by atoms with van der Waals surface area (Å²) < 4.78 is 1.56. The Morgan fingerprint density at radius 1 is 1.10 bits per heavy atom. The molecule has 0 atom stereocenters. The van der Waals surface area contributed by atoms with Gasteiger partial charge in [-0.3, -0.25) is 0 Å². The lowest BCUT2D eigenvalue weighted by molar-refractivity contribution is 0.791. The highest BCUT2D eigenvalue weighted by molar-refractivity contribution is 6.34. The van der Waals surface area contributed by atoms with Crippen LogP contribution in [0.5, 0.6) is 0 Å². The van der Waals surface area contributed by atoms with Gasteiger partial charge in [0.1, 0.15) is 0 Å². The number of nitrogens with zero attached hydrogens (tertiary/aromatic N) is 4. The van der Waals surface area contributed by atoms with Crippen LogP contribution in [0.1, 0.15) is 5.56 Å². The molecule has 0 aliphatic rings. The van der Waals surface area contributed by atoms with Gasteiger partial charge in [0.25, 0.3) is 0 Å². The molecule has 0 radical (unpaired) electrons. The molecule has 0 spiro atoms. The summed E-state index contributed by atoms with van der Waals surface area (Å²) in [6.45, 7) is 1.93. The summed E-state index contributed by atoms with van der Waals surface area (Å²) >= 11 is 12.1. The van der Waals surface area contributed by atoms with Crippen molar-refractivity contribution in [1.82, 2.24) is 20.2 Å². The van der Waals surface area contributed by atoms with Crippen molar-refractivity contribution in [3.63, 3.8) is 0 Å². The zero-order chi connectivity index (χ0) is 15.0. The molecule has 7 heteroatoms. The minimum Gasteiger partial charge on any atom is -0.398 e. The van der Waals surface area contributed by atoms with E-state index in [-0.39, 0.29) is 0 Å². The van der Waals surface area contributed by atoms with Gasteiger partial charge in [0.2, 0.25) is 0 Å². The molecule has 0 bridgehead atoms. The Morgan fingerprint density at radius 2 is 1.81 bits per heavy atom. The molecule has 3 aromatic rings. The van der Waals surface area contributed by atoms with Gasteiger partial charge < -0.3 is 5.73 Å². The van der Waals surface area contributed by atoms with Crippen LogP contribution in [0.3, 0.4) is 0 Å². The van der Waals surface area contributed by atoms with Crippen molar-refractivity contribution >= 4 is 28.9 Å². The Hall–Kier alpha value is -2.11. The van der Waals surface area contributed by atoms with Crippen LogP contribution in [-0.2, 0) is 0 Å². The summed E-state index contributed by atoms with van der Waals surface area (Å²) in [5.41, 5.74) is 9.16. The van der Waals surface area contributed by atoms with E-state index in [1.54, 1.807) is 22.9 Å². The number of aryl methyl sites for hydroxylation is 1. The van der Waals surface area contributed by atoms with Crippen LogP contribution in [0, 0.1) is 6.92 Å². The highest BCUT2D eigenvalue weighted by Gasteiger charge is 2.15. The van der Waals surface area contributed by atoms with Crippen molar-refractivity contribution in [1.29, 1.82) is 0 Å². The van der Waals surface area contributed by atoms with Gasteiger partial charge in [0, 0.05) is 21.3 Å². The van der Waals surface area contributed by atoms with Crippen molar-refractivity contribution < 1.29 is 0 Å². The molecule has 106 valence electrons. The molecule has 5 nitrogen and oxygen atoms in total. The summed E-state index contributed by atoms with van der Waals surface area (Å²) in [5, 5.41) is 12.8. The second-order valence-electron chi connectivity index (χ2n) is 4.58. The van der Waals surface area contributed by atoms with Gasteiger partial charge in [-0.25, -0.2) is 0 Å². The van der Waals surface area contributed by atoms with Crippen molar-refractivity contribution in [2.24, 2.45) is 0 Å². The molecule has 0 aliphatic heterocycles. The first kappa shape index (κ1) is 13.9. The molecule has 0 amide bonds. The fourth-order valence-corrected chi connectivity index (χ4v) is 2.58. The van der Waals surface area contributed by atoms with E-state index in [2.05, 4.69) is 15.5 Å². The lowest BCUT2D eigenvalue weighted by Gasteiger charge is -2.09. The first-order valence-electron chi connectivity index (χ1n) is 6.16. The van der Waals surface area contributed by atoms with Gasteiger partial charge in [0.15, 0.2) is 5.82 Å². The molecular formula is C14H11Cl2N5. The number of halogens is 2. The van der Waals surface area contributed by atoms with Crippen LogP contribution in [0.2, 0.25) is 10.0 Å². The van der Waals surface area contributed by atoms with Crippen LogP contribution in [0.15, 0.2) is 36.4 Å². The van der Waals surface area contributed by atoms with Crippen molar-refractivity contribution in [3.8, 4) is 17.1 Å². The fourth-order valence-electron chi connectivity index (χ4n) is 2.07. The lowest BCUT2D eigenvalue weighted by atomic mass is 10.1. The maximum Gasteiger partial charge on any atom is 0.189 e. The number of hydrogen-bond donors (Lipinski definition) is 1. The van der Waals surface area contributed by atoms with Crippen molar-refractivity contribution in [2.75, 3.05) is 5.73 Å². The first-order chi connectivity index (χ1) is 10.1. The zero-order valence-electron chi connectivity index (χ0n) is 11.1. The van der Waals surface area contributed by atoms with Gasteiger partial charge in [-0.05, 0) is 47.2 Å². The quantitative estimate of drug-likeness (QED) is 0.733. The lowest BCUT2D eigenvalue weighted by Crippen LogP contribution is -2.02. The van der Waals surface area contributed by atoms with E-state index < -0.39 is 0 Å².